The van der Waals surface area contributed by atoms with Crippen LogP contribution in [0.5, 0.6) is 5.75 Å². The monoisotopic (exact) mass is 363 g/mol. The Balaban J connectivity index is 1.57. The van der Waals surface area contributed by atoms with Crippen molar-refractivity contribution >= 4 is 23.2 Å². The fourth-order valence-corrected chi connectivity index (χ4v) is 3.78. The number of benzene rings is 2. The first-order valence-electron chi connectivity index (χ1n) is 9.80. The van der Waals surface area contributed by atoms with Gasteiger partial charge >= 0.3 is 0 Å². The molecule has 0 saturated carbocycles. The largest absolute Gasteiger partial charge is 0.497 e. The number of rotatable bonds is 6. The average Bonchev–Trinajstić information content (AvgIpc) is 3.09. The first-order chi connectivity index (χ1) is 13.3. The fraction of sp³-hybridized carbons (Fsp3) is 0.364. The van der Waals surface area contributed by atoms with Crippen LogP contribution >= 0.6 is 0 Å². The normalized spacial score (nSPS) is 15.6. The number of methoxy groups -OCH3 is 1. The molecule has 1 aliphatic heterocycles. The molecule has 5 heteroatoms. The highest BCUT2D eigenvalue weighted by Crippen LogP contribution is 2.21. The SMILES string of the molecule is COc1ccc(C=Nc2nc3ccccc3n2CC[NH+]2CCCCC2)cc1. The number of nitrogens with one attached hydrogen (secondary N) is 1. The minimum Gasteiger partial charge on any atom is -0.497 e. The second-order valence-electron chi connectivity index (χ2n) is 7.14. The van der Waals surface area contributed by atoms with E-state index in [0.717, 1.165) is 41.4 Å². The number of fused-ring (bicyclic) bond motifs is 1. The van der Waals surface area contributed by atoms with E-state index in [1.807, 2.05) is 36.5 Å². The van der Waals surface area contributed by atoms with Crippen molar-refractivity contribution in [1.82, 2.24) is 9.55 Å². The summed E-state index contributed by atoms with van der Waals surface area (Å²) in [5, 5.41) is 0. The fourth-order valence-electron chi connectivity index (χ4n) is 3.78. The molecule has 2 aromatic carbocycles. The van der Waals surface area contributed by atoms with Crippen LogP contribution in [0.4, 0.5) is 5.95 Å². The Morgan fingerprint density at radius 1 is 1.07 bits per heavy atom. The van der Waals surface area contributed by atoms with Crippen molar-refractivity contribution in [2.75, 3.05) is 26.7 Å². The maximum Gasteiger partial charge on any atom is 0.230 e. The van der Waals surface area contributed by atoms with Gasteiger partial charge in [-0.1, -0.05) is 12.1 Å². The molecule has 1 fully saturated rings. The van der Waals surface area contributed by atoms with Crippen LogP contribution in [0.3, 0.4) is 0 Å². The second kappa shape index (κ2) is 8.35. The van der Waals surface area contributed by atoms with Gasteiger partial charge in [0.05, 0.1) is 44.3 Å². The quantitative estimate of drug-likeness (QED) is 0.685. The van der Waals surface area contributed by atoms with Gasteiger partial charge in [-0.3, -0.25) is 0 Å². The predicted octanol–water partition coefficient (Wildman–Crippen LogP) is 2.86. The van der Waals surface area contributed by atoms with Crippen molar-refractivity contribution in [2.45, 2.75) is 25.8 Å². The molecule has 1 aromatic heterocycles. The highest BCUT2D eigenvalue weighted by molar-refractivity contribution is 5.83. The van der Waals surface area contributed by atoms with Crippen LogP contribution in [0.2, 0.25) is 0 Å². The Kier molecular flexibility index (Phi) is 5.49. The van der Waals surface area contributed by atoms with Gasteiger partial charge in [0.2, 0.25) is 5.95 Å². The zero-order valence-electron chi connectivity index (χ0n) is 15.9. The minimum atomic E-state index is 0.781. The molecule has 0 bridgehead atoms. The number of para-hydroxylation sites is 2. The van der Waals surface area contributed by atoms with Crippen LogP contribution in [0, 0.1) is 0 Å². The predicted molar refractivity (Wildman–Crippen MR) is 109 cm³/mol. The number of aliphatic imine (C=N–C) groups is 1. The number of ether oxygens (including phenoxy) is 1. The molecule has 0 aliphatic carbocycles. The number of piperidine rings is 1. The molecule has 3 aromatic rings. The molecule has 4 rings (SSSR count). The smallest absolute Gasteiger partial charge is 0.230 e. The second-order valence-corrected chi connectivity index (χ2v) is 7.14. The highest BCUT2D eigenvalue weighted by Gasteiger charge is 2.15. The summed E-state index contributed by atoms with van der Waals surface area (Å²) in [5.74, 6) is 1.63. The van der Waals surface area contributed by atoms with Crippen LogP contribution in [-0.2, 0) is 6.54 Å². The average molecular weight is 363 g/mol. The number of hydrogen-bond acceptors (Lipinski definition) is 3. The first-order valence-corrected chi connectivity index (χ1v) is 9.80. The van der Waals surface area contributed by atoms with Gasteiger partial charge in [0, 0.05) is 6.21 Å². The molecule has 1 aliphatic rings. The van der Waals surface area contributed by atoms with E-state index in [4.69, 9.17) is 14.7 Å². The van der Waals surface area contributed by atoms with Gasteiger partial charge in [-0.25, -0.2) is 9.98 Å². The Labute approximate surface area is 160 Å². The van der Waals surface area contributed by atoms with E-state index in [2.05, 4.69) is 22.8 Å². The summed E-state index contributed by atoms with van der Waals surface area (Å²) in [6, 6.07) is 16.2. The minimum absolute atomic E-state index is 0.781. The van der Waals surface area contributed by atoms with Gasteiger partial charge in [0.25, 0.3) is 0 Å². The molecule has 2 heterocycles. The van der Waals surface area contributed by atoms with E-state index < -0.39 is 0 Å². The van der Waals surface area contributed by atoms with E-state index >= 15 is 0 Å². The van der Waals surface area contributed by atoms with Crippen molar-refractivity contribution < 1.29 is 9.64 Å². The molecule has 0 amide bonds. The zero-order chi connectivity index (χ0) is 18.5. The van der Waals surface area contributed by atoms with Crippen LogP contribution in [-0.4, -0.2) is 42.5 Å². The molecular formula is C22H27N4O+. The Morgan fingerprint density at radius 3 is 2.63 bits per heavy atom. The van der Waals surface area contributed by atoms with Crippen LogP contribution < -0.4 is 9.64 Å². The molecule has 1 N–H and O–H groups in total. The van der Waals surface area contributed by atoms with Gasteiger partial charge in [-0.2, -0.15) is 0 Å². The molecule has 27 heavy (non-hydrogen) atoms. The van der Waals surface area contributed by atoms with Crippen molar-refractivity contribution in [2.24, 2.45) is 4.99 Å². The lowest BCUT2D eigenvalue weighted by molar-refractivity contribution is -0.905. The maximum absolute atomic E-state index is 5.22. The van der Waals surface area contributed by atoms with Gasteiger partial charge in [0.15, 0.2) is 0 Å². The Bertz CT molecular complexity index is 908. The molecule has 0 atom stereocenters. The summed E-state index contributed by atoms with van der Waals surface area (Å²) < 4.78 is 7.48. The highest BCUT2D eigenvalue weighted by atomic mass is 16.5. The van der Waals surface area contributed by atoms with E-state index in [9.17, 15) is 0 Å². The third-order valence-electron chi connectivity index (χ3n) is 5.33. The lowest BCUT2D eigenvalue weighted by atomic mass is 10.1. The van der Waals surface area contributed by atoms with E-state index in [1.54, 1.807) is 12.0 Å². The van der Waals surface area contributed by atoms with Crippen LogP contribution in [0.15, 0.2) is 53.5 Å². The molecule has 0 unspecified atom stereocenters. The van der Waals surface area contributed by atoms with Crippen molar-refractivity contribution in [3.8, 4) is 5.75 Å². The topological polar surface area (TPSA) is 43.9 Å². The summed E-state index contributed by atoms with van der Waals surface area (Å²) in [4.78, 5) is 11.2. The maximum atomic E-state index is 5.22. The molecule has 5 nitrogen and oxygen atoms in total. The van der Waals surface area contributed by atoms with Gasteiger partial charge in [0.1, 0.15) is 5.75 Å². The molecule has 0 radical (unpaired) electrons. The number of likely N-dealkylation sites (tertiary alicyclic amines) is 1. The molecular weight excluding hydrogens is 336 g/mol. The van der Waals surface area contributed by atoms with Gasteiger partial charge in [-0.05, 0) is 61.2 Å². The van der Waals surface area contributed by atoms with Gasteiger partial charge in [-0.15, -0.1) is 0 Å². The van der Waals surface area contributed by atoms with Crippen molar-refractivity contribution in [1.29, 1.82) is 0 Å². The summed E-state index contributed by atoms with van der Waals surface area (Å²) in [7, 11) is 1.68. The van der Waals surface area contributed by atoms with Crippen LogP contribution in [0.25, 0.3) is 11.0 Å². The summed E-state index contributed by atoms with van der Waals surface area (Å²) in [5.41, 5.74) is 3.21. The number of imidazole rings is 1. The Morgan fingerprint density at radius 2 is 1.85 bits per heavy atom. The number of aromatic nitrogens is 2. The first kappa shape index (κ1) is 17.7. The third-order valence-corrected chi connectivity index (χ3v) is 5.33. The lowest BCUT2D eigenvalue weighted by Gasteiger charge is -2.23. The van der Waals surface area contributed by atoms with Crippen molar-refractivity contribution in [3.05, 3.63) is 54.1 Å². The van der Waals surface area contributed by atoms with E-state index in [0.29, 0.717) is 0 Å². The van der Waals surface area contributed by atoms with Crippen LogP contribution in [0.1, 0.15) is 24.8 Å². The summed E-state index contributed by atoms with van der Waals surface area (Å²) >= 11 is 0. The van der Waals surface area contributed by atoms with E-state index in [-0.39, 0.29) is 0 Å². The molecule has 140 valence electrons. The lowest BCUT2D eigenvalue weighted by Crippen LogP contribution is -3.13. The van der Waals surface area contributed by atoms with E-state index in [1.165, 1.54) is 32.4 Å². The summed E-state index contributed by atoms with van der Waals surface area (Å²) in [6.45, 7) is 4.66. The van der Waals surface area contributed by atoms with Gasteiger partial charge < -0.3 is 14.2 Å². The number of quaternary nitrogens is 1. The zero-order valence-corrected chi connectivity index (χ0v) is 15.9. The third kappa shape index (κ3) is 4.19. The molecule has 1 saturated heterocycles. The Hall–Kier alpha value is -2.66. The number of hydrogen-bond donors (Lipinski definition) is 1. The van der Waals surface area contributed by atoms with Crippen molar-refractivity contribution in [3.63, 3.8) is 0 Å². The standard InChI is InChI=1S/C22H26N4O/c1-27-19-11-9-18(10-12-19)17-23-22-24-20-7-3-4-8-21(20)26(22)16-15-25-13-5-2-6-14-25/h3-4,7-12,17H,2,5-6,13-16H2,1H3/p+1. The summed E-state index contributed by atoms with van der Waals surface area (Å²) in [6.07, 6.45) is 5.96. The molecule has 0 spiro atoms. The number of nitrogens with zero attached hydrogens (tertiary/aromatic N) is 3.